The van der Waals surface area contributed by atoms with Crippen LogP contribution in [-0.2, 0) is 9.53 Å². The molecule has 0 spiro atoms. The molecular weight excluding hydrogens is 288 g/mol. The van der Waals surface area contributed by atoms with E-state index >= 15 is 0 Å². The second kappa shape index (κ2) is 4.83. The molecule has 1 unspecified atom stereocenters. The molecule has 1 aliphatic heterocycles. The highest BCUT2D eigenvalue weighted by Crippen LogP contribution is 2.24. The molecule has 0 aliphatic carbocycles. The molecule has 17 heavy (non-hydrogen) atoms. The number of nitrogens with zero attached hydrogens (tertiary/aromatic N) is 2. The summed E-state index contributed by atoms with van der Waals surface area (Å²) in [5.74, 6) is -0.429. The van der Waals surface area contributed by atoms with Crippen LogP contribution < -0.4 is 4.90 Å². The molecule has 1 fully saturated rings. The minimum atomic E-state index is -0.484. The van der Waals surface area contributed by atoms with Crippen LogP contribution in [0.15, 0.2) is 18.3 Å². The average molecular weight is 299 g/mol. The highest BCUT2D eigenvalue weighted by molar-refractivity contribution is 9.09. The molecule has 2 heterocycles. The fraction of sp³-hybridized carbons (Fsp3) is 0.364. The van der Waals surface area contributed by atoms with Crippen LogP contribution in [0.2, 0.25) is 0 Å². The monoisotopic (exact) mass is 298 g/mol. The molecule has 1 aromatic rings. The van der Waals surface area contributed by atoms with Crippen molar-refractivity contribution >= 4 is 33.5 Å². The Morgan fingerprint density at radius 1 is 1.59 bits per heavy atom. The first kappa shape index (κ1) is 12.0. The number of halogens is 1. The van der Waals surface area contributed by atoms with Crippen LogP contribution >= 0.6 is 15.9 Å². The Morgan fingerprint density at radius 3 is 2.82 bits per heavy atom. The number of carbonyl (C=O) groups is 2. The summed E-state index contributed by atoms with van der Waals surface area (Å²) >= 11 is 3.41. The molecule has 1 aromatic heterocycles. The molecule has 6 heteroatoms. The zero-order valence-corrected chi connectivity index (χ0v) is 10.8. The van der Waals surface area contributed by atoms with Crippen LogP contribution in [0.3, 0.4) is 0 Å². The van der Waals surface area contributed by atoms with Crippen molar-refractivity contribution in [1.29, 1.82) is 0 Å². The van der Waals surface area contributed by atoms with Crippen molar-refractivity contribution in [2.24, 2.45) is 0 Å². The number of carbonyl (C=O) groups excluding carboxylic acids is 2. The maximum Gasteiger partial charge on any atom is 0.356 e. The lowest BCUT2D eigenvalue weighted by atomic mass is 10.3. The van der Waals surface area contributed by atoms with Crippen LogP contribution in [-0.4, -0.2) is 35.3 Å². The van der Waals surface area contributed by atoms with Crippen LogP contribution in [0.25, 0.3) is 0 Å². The number of alkyl halides is 1. The molecule has 0 aromatic carbocycles. The van der Waals surface area contributed by atoms with Gasteiger partial charge in [-0.05, 0) is 12.1 Å². The lowest BCUT2D eigenvalue weighted by molar-refractivity contribution is -0.117. The number of pyridine rings is 1. The second-order valence-corrected chi connectivity index (χ2v) is 4.99. The lowest BCUT2D eigenvalue weighted by Crippen LogP contribution is -2.24. The minimum Gasteiger partial charge on any atom is -0.464 e. The van der Waals surface area contributed by atoms with E-state index < -0.39 is 5.97 Å². The van der Waals surface area contributed by atoms with Gasteiger partial charge in [-0.15, -0.1) is 0 Å². The van der Waals surface area contributed by atoms with Gasteiger partial charge in [-0.3, -0.25) is 4.79 Å². The summed E-state index contributed by atoms with van der Waals surface area (Å²) in [5, 5.41) is 0. The minimum absolute atomic E-state index is 0.0551. The topological polar surface area (TPSA) is 59.5 Å². The van der Waals surface area contributed by atoms with Crippen LogP contribution in [0, 0.1) is 0 Å². The lowest BCUT2D eigenvalue weighted by Gasteiger charge is -2.15. The summed E-state index contributed by atoms with van der Waals surface area (Å²) in [6.07, 6.45) is 1.99. The second-order valence-electron chi connectivity index (χ2n) is 3.70. The number of amides is 1. The van der Waals surface area contributed by atoms with E-state index in [4.69, 9.17) is 0 Å². The number of ether oxygens (including phenoxy) is 1. The molecule has 1 atom stereocenters. The van der Waals surface area contributed by atoms with E-state index in [1.165, 1.54) is 13.3 Å². The Hall–Kier alpha value is -1.43. The predicted octanol–water partition coefficient (Wildman–Crippen LogP) is 1.37. The van der Waals surface area contributed by atoms with Crippen molar-refractivity contribution in [2.45, 2.75) is 11.2 Å². The van der Waals surface area contributed by atoms with Gasteiger partial charge >= 0.3 is 5.97 Å². The number of anilines is 1. The number of rotatable bonds is 2. The average Bonchev–Trinajstić information content (AvgIpc) is 2.68. The third-order valence-electron chi connectivity index (χ3n) is 2.53. The maximum atomic E-state index is 11.6. The Morgan fingerprint density at radius 2 is 2.35 bits per heavy atom. The first-order chi connectivity index (χ1) is 8.11. The van der Waals surface area contributed by atoms with Crippen molar-refractivity contribution < 1.29 is 14.3 Å². The third kappa shape index (κ3) is 2.46. The molecule has 0 bridgehead atoms. The molecule has 2 rings (SSSR count). The van der Waals surface area contributed by atoms with E-state index in [1.54, 1.807) is 17.0 Å². The van der Waals surface area contributed by atoms with Gasteiger partial charge in [0, 0.05) is 17.8 Å². The molecule has 0 saturated carbocycles. The summed E-state index contributed by atoms with van der Waals surface area (Å²) in [6, 6.07) is 3.25. The van der Waals surface area contributed by atoms with Crippen molar-refractivity contribution in [3.05, 3.63) is 24.0 Å². The summed E-state index contributed by atoms with van der Waals surface area (Å²) in [7, 11) is 1.30. The van der Waals surface area contributed by atoms with Gasteiger partial charge in [-0.2, -0.15) is 0 Å². The normalized spacial score (nSPS) is 19.5. The largest absolute Gasteiger partial charge is 0.464 e. The number of hydrogen-bond acceptors (Lipinski definition) is 4. The molecule has 5 nitrogen and oxygen atoms in total. The highest BCUT2D eigenvalue weighted by Gasteiger charge is 2.28. The SMILES string of the molecule is COC(=O)c1ccc(N2CC(Br)CC2=O)cn1. The number of aromatic nitrogens is 1. The zero-order chi connectivity index (χ0) is 12.4. The van der Waals surface area contributed by atoms with Crippen molar-refractivity contribution in [3.8, 4) is 0 Å². The first-order valence-electron chi connectivity index (χ1n) is 5.10. The van der Waals surface area contributed by atoms with E-state index in [0.29, 0.717) is 18.7 Å². The van der Waals surface area contributed by atoms with Crippen LogP contribution in [0.4, 0.5) is 5.69 Å². The summed E-state index contributed by atoms with van der Waals surface area (Å²) in [6.45, 7) is 0.623. The molecule has 1 saturated heterocycles. The van der Waals surface area contributed by atoms with Crippen molar-refractivity contribution in [2.75, 3.05) is 18.6 Å². The number of hydrogen-bond donors (Lipinski definition) is 0. The van der Waals surface area contributed by atoms with Crippen molar-refractivity contribution in [3.63, 3.8) is 0 Å². The molecular formula is C11H11BrN2O3. The Labute approximate surface area is 107 Å². The quantitative estimate of drug-likeness (QED) is 0.611. The number of methoxy groups -OCH3 is 1. The molecule has 0 radical (unpaired) electrons. The maximum absolute atomic E-state index is 11.6. The summed E-state index contributed by atoms with van der Waals surface area (Å²) in [4.78, 5) is 28.6. The van der Waals surface area contributed by atoms with Crippen LogP contribution in [0.1, 0.15) is 16.9 Å². The Balaban J connectivity index is 2.18. The predicted molar refractivity (Wildman–Crippen MR) is 65.3 cm³/mol. The van der Waals surface area contributed by atoms with E-state index in [2.05, 4.69) is 25.7 Å². The third-order valence-corrected chi connectivity index (χ3v) is 3.15. The van der Waals surface area contributed by atoms with Gasteiger partial charge in [0.15, 0.2) is 0 Å². The summed E-state index contributed by atoms with van der Waals surface area (Å²) in [5.41, 5.74) is 0.933. The van der Waals surface area contributed by atoms with E-state index in [0.717, 1.165) is 0 Å². The van der Waals surface area contributed by atoms with Gasteiger partial charge in [0.2, 0.25) is 5.91 Å². The van der Waals surface area contributed by atoms with E-state index in [1.807, 2.05) is 0 Å². The van der Waals surface area contributed by atoms with Gasteiger partial charge in [-0.1, -0.05) is 15.9 Å². The highest BCUT2D eigenvalue weighted by atomic mass is 79.9. The molecule has 90 valence electrons. The zero-order valence-electron chi connectivity index (χ0n) is 9.22. The molecule has 1 amide bonds. The molecule has 1 aliphatic rings. The van der Waals surface area contributed by atoms with Gasteiger partial charge in [-0.25, -0.2) is 9.78 Å². The first-order valence-corrected chi connectivity index (χ1v) is 6.02. The van der Waals surface area contributed by atoms with E-state index in [-0.39, 0.29) is 16.4 Å². The van der Waals surface area contributed by atoms with Crippen LogP contribution in [0.5, 0.6) is 0 Å². The fourth-order valence-electron chi connectivity index (χ4n) is 1.68. The standard InChI is InChI=1S/C11H11BrN2O3/c1-17-11(16)9-3-2-8(5-13-9)14-6-7(12)4-10(14)15/h2-3,5,7H,4,6H2,1H3. The molecule has 0 N–H and O–H groups in total. The van der Waals surface area contributed by atoms with Gasteiger partial charge in [0.1, 0.15) is 5.69 Å². The Bertz CT molecular complexity index is 447. The van der Waals surface area contributed by atoms with Gasteiger partial charge in [0.25, 0.3) is 0 Å². The summed E-state index contributed by atoms with van der Waals surface area (Å²) < 4.78 is 4.55. The van der Waals surface area contributed by atoms with E-state index in [9.17, 15) is 9.59 Å². The Kier molecular flexibility index (Phi) is 3.42. The van der Waals surface area contributed by atoms with Gasteiger partial charge in [0.05, 0.1) is 19.0 Å². The smallest absolute Gasteiger partial charge is 0.356 e. The fourth-order valence-corrected chi connectivity index (χ4v) is 2.25. The van der Waals surface area contributed by atoms with Crippen molar-refractivity contribution in [1.82, 2.24) is 4.98 Å². The number of esters is 1. The van der Waals surface area contributed by atoms with Gasteiger partial charge < -0.3 is 9.64 Å².